The molecule has 1 fully saturated rings. The summed E-state index contributed by atoms with van der Waals surface area (Å²) >= 11 is 6.90. The smallest absolute Gasteiger partial charge is 0.124 e. The van der Waals surface area contributed by atoms with Crippen LogP contribution in [0.1, 0.15) is 12.0 Å². The molecule has 2 nitrogen and oxygen atoms in total. The van der Waals surface area contributed by atoms with Crippen molar-refractivity contribution in [1.82, 2.24) is 0 Å². The number of hydrogen-bond donors (Lipinski definition) is 2. The lowest BCUT2D eigenvalue weighted by Gasteiger charge is -2.14. The van der Waals surface area contributed by atoms with E-state index in [2.05, 4.69) is 5.32 Å². The highest BCUT2D eigenvalue weighted by Crippen LogP contribution is 2.24. The van der Waals surface area contributed by atoms with Gasteiger partial charge < -0.3 is 11.1 Å². The molecule has 1 heterocycles. The largest absolute Gasteiger partial charge is 0.389 e. The molecular formula is C12H15FN2S2. The maximum absolute atomic E-state index is 13.1. The molecule has 0 aromatic heterocycles. The van der Waals surface area contributed by atoms with Gasteiger partial charge in [0, 0.05) is 17.8 Å². The van der Waals surface area contributed by atoms with Crippen LogP contribution in [0, 0.1) is 11.7 Å². The lowest BCUT2D eigenvalue weighted by molar-refractivity contribution is 0.624. The van der Waals surface area contributed by atoms with Crippen LogP contribution in [-0.2, 0) is 0 Å². The van der Waals surface area contributed by atoms with Gasteiger partial charge in [-0.1, -0.05) is 12.2 Å². The van der Waals surface area contributed by atoms with Crippen LogP contribution in [0.2, 0.25) is 0 Å². The third-order valence-electron chi connectivity index (χ3n) is 2.85. The Labute approximate surface area is 110 Å². The van der Waals surface area contributed by atoms with Gasteiger partial charge in [0.05, 0.1) is 0 Å². The zero-order valence-corrected chi connectivity index (χ0v) is 11.0. The van der Waals surface area contributed by atoms with Crippen molar-refractivity contribution in [3.63, 3.8) is 0 Å². The number of nitrogens with one attached hydrogen (secondary N) is 1. The summed E-state index contributed by atoms with van der Waals surface area (Å²) in [6.07, 6.45) is 1.24. The van der Waals surface area contributed by atoms with Crippen LogP contribution in [0.5, 0.6) is 0 Å². The van der Waals surface area contributed by atoms with Gasteiger partial charge in [-0.15, -0.1) is 0 Å². The Morgan fingerprint density at radius 1 is 1.59 bits per heavy atom. The molecule has 0 amide bonds. The molecule has 1 atom stereocenters. The molecule has 0 bridgehead atoms. The average Bonchev–Trinajstić information content (AvgIpc) is 2.80. The molecular weight excluding hydrogens is 255 g/mol. The highest BCUT2D eigenvalue weighted by atomic mass is 32.2. The minimum atomic E-state index is -0.310. The van der Waals surface area contributed by atoms with Crippen molar-refractivity contribution in [2.75, 3.05) is 23.4 Å². The van der Waals surface area contributed by atoms with Gasteiger partial charge in [0.15, 0.2) is 0 Å². The molecule has 92 valence electrons. The van der Waals surface area contributed by atoms with Crippen LogP contribution in [0.4, 0.5) is 10.1 Å². The fourth-order valence-corrected chi connectivity index (χ4v) is 3.33. The topological polar surface area (TPSA) is 38.0 Å². The van der Waals surface area contributed by atoms with Crippen molar-refractivity contribution < 1.29 is 4.39 Å². The van der Waals surface area contributed by atoms with Crippen LogP contribution in [0.3, 0.4) is 0 Å². The summed E-state index contributed by atoms with van der Waals surface area (Å²) in [6.45, 7) is 0.897. The highest BCUT2D eigenvalue weighted by Gasteiger charge is 2.16. The van der Waals surface area contributed by atoms with Gasteiger partial charge >= 0.3 is 0 Å². The van der Waals surface area contributed by atoms with E-state index in [1.807, 2.05) is 11.8 Å². The molecule has 0 radical (unpaired) electrons. The van der Waals surface area contributed by atoms with Crippen LogP contribution < -0.4 is 11.1 Å². The molecule has 17 heavy (non-hydrogen) atoms. The average molecular weight is 270 g/mol. The standard InChI is InChI=1S/C12H15FN2S2/c13-9-1-2-11(10(5-9)12(14)16)15-6-8-3-4-17-7-8/h1-2,5,8,15H,3-4,6-7H2,(H2,14,16). The maximum atomic E-state index is 13.1. The van der Waals surface area contributed by atoms with Crippen molar-refractivity contribution in [3.05, 3.63) is 29.6 Å². The Hall–Kier alpha value is -0.810. The molecule has 0 spiro atoms. The zero-order valence-electron chi connectivity index (χ0n) is 9.41. The van der Waals surface area contributed by atoms with Crippen LogP contribution in [0.25, 0.3) is 0 Å². The van der Waals surface area contributed by atoms with Gasteiger partial charge in [0.1, 0.15) is 10.8 Å². The quantitative estimate of drug-likeness (QED) is 0.825. The van der Waals surface area contributed by atoms with Gasteiger partial charge in [-0.25, -0.2) is 4.39 Å². The molecule has 0 saturated carbocycles. The first-order valence-electron chi connectivity index (χ1n) is 5.58. The van der Waals surface area contributed by atoms with Gasteiger partial charge in [-0.3, -0.25) is 0 Å². The Bertz CT molecular complexity index is 417. The Morgan fingerprint density at radius 2 is 2.41 bits per heavy atom. The third kappa shape index (κ3) is 3.33. The summed E-state index contributed by atoms with van der Waals surface area (Å²) in [6, 6.07) is 4.51. The van der Waals surface area contributed by atoms with E-state index >= 15 is 0 Å². The number of hydrogen-bond acceptors (Lipinski definition) is 3. The number of benzene rings is 1. The number of thiocarbonyl (C=S) groups is 1. The molecule has 1 unspecified atom stereocenters. The number of rotatable bonds is 4. The Morgan fingerprint density at radius 3 is 3.06 bits per heavy atom. The van der Waals surface area contributed by atoms with Crippen molar-refractivity contribution in [2.24, 2.45) is 11.7 Å². The van der Waals surface area contributed by atoms with E-state index in [1.54, 1.807) is 6.07 Å². The third-order valence-corrected chi connectivity index (χ3v) is 4.30. The summed E-state index contributed by atoms with van der Waals surface area (Å²) in [5, 5.41) is 3.32. The van der Waals surface area contributed by atoms with E-state index < -0.39 is 0 Å². The van der Waals surface area contributed by atoms with Crippen molar-refractivity contribution in [3.8, 4) is 0 Å². The minimum Gasteiger partial charge on any atom is -0.389 e. The highest BCUT2D eigenvalue weighted by molar-refractivity contribution is 7.99. The Kier molecular flexibility index (Phi) is 4.23. The first-order chi connectivity index (χ1) is 8.16. The zero-order chi connectivity index (χ0) is 12.3. The van der Waals surface area contributed by atoms with E-state index in [-0.39, 0.29) is 10.8 Å². The van der Waals surface area contributed by atoms with Crippen molar-refractivity contribution in [1.29, 1.82) is 0 Å². The summed E-state index contributed by atoms with van der Waals surface area (Å²) in [5.41, 5.74) is 7.01. The number of nitrogens with two attached hydrogens (primary N) is 1. The fourth-order valence-electron chi connectivity index (χ4n) is 1.87. The van der Waals surface area contributed by atoms with Crippen LogP contribution >= 0.6 is 24.0 Å². The first kappa shape index (κ1) is 12.6. The minimum absolute atomic E-state index is 0.229. The molecule has 2 rings (SSSR count). The second-order valence-electron chi connectivity index (χ2n) is 4.16. The van der Waals surface area contributed by atoms with Crippen LogP contribution in [0.15, 0.2) is 18.2 Å². The summed E-state index contributed by atoms with van der Waals surface area (Å²) in [5.74, 6) is 2.80. The maximum Gasteiger partial charge on any atom is 0.124 e. The fraction of sp³-hybridized carbons (Fsp3) is 0.417. The number of thioether (sulfide) groups is 1. The lowest BCUT2D eigenvalue weighted by atomic mass is 10.1. The molecule has 0 aliphatic carbocycles. The van der Waals surface area contributed by atoms with Gasteiger partial charge in [-0.2, -0.15) is 11.8 Å². The monoisotopic (exact) mass is 270 g/mol. The molecule has 1 aliphatic heterocycles. The normalized spacial score (nSPS) is 19.2. The van der Waals surface area contributed by atoms with E-state index in [1.165, 1.54) is 30.1 Å². The predicted molar refractivity (Wildman–Crippen MR) is 76.2 cm³/mol. The van der Waals surface area contributed by atoms with E-state index in [0.29, 0.717) is 11.5 Å². The Balaban J connectivity index is 2.06. The van der Waals surface area contributed by atoms with Crippen molar-refractivity contribution >= 4 is 34.7 Å². The molecule has 3 N–H and O–H groups in total. The first-order valence-corrected chi connectivity index (χ1v) is 7.14. The molecule has 1 aromatic carbocycles. The summed E-state index contributed by atoms with van der Waals surface area (Å²) < 4.78 is 13.1. The summed E-state index contributed by atoms with van der Waals surface area (Å²) in [7, 11) is 0. The van der Waals surface area contributed by atoms with Gasteiger partial charge in [0.2, 0.25) is 0 Å². The lowest BCUT2D eigenvalue weighted by Crippen LogP contribution is -2.18. The molecule has 1 aliphatic rings. The second kappa shape index (κ2) is 5.69. The second-order valence-corrected chi connectivity index (χ2v) is 5.75. The summed E-state index contributed by atoms with van der Waals surface area (Å²) in [4.78, 5) is 0.229. The van der Waals surface area contributed by atoms with Gasteiger partial charge in [-0.05, 0) is 42.0 Å². The van der Waals surface area contributed by atoms with E-state index in [9.17, 15) is 4.39 Å². The van der Waals surface area contributed by atoms with Gasteiger partial charge in [0.25, 0.3) is 0 Å². The number of anilines is 1. The SMILES string of the molecule is NC(=S)c1cc(F)ccc1NCC1CCSC1. The van der Waals surface area contributed by atoms with Crippen LogP contribution in [-0.4, -0.2) is 23.0 Å². The van der Waals surface area contributed by atoms with E-state index in [4.69, 9.17) is 18.0 Å². The number of halogens is 1. The molecule has 1 saturated heterocycles. The van der Waals surface area contributed by atoms with E-state index in [0.717, 1.165) is 12.2 Å². The molecule has 5 heteroatoms. The predicted octanol–water partition coefficient (Wildman–Crippen LogP) is 2.62. The van der Waals surface area contributed by atoms with Crippen molar-refractivity contribution in [2.45, 2.75) is 6.42 Å². The molecule has 1 aromatic rings.